The molecular weight excluding hydrogens is 385 g/mol. The highest BCUT2D eigenvalue weighted by atomic mass is 35.5. The Balaban J connectivity index is 1.71. The minimum Gasteiger partial charge on any atom is -0.484 e. The fourth-order valence-electron chi connectivity index (χ4n) is 1.93. The Bertz CT molecular complexity index is 836. The standard InChI is InChI=1S/C17H14ClF3N4O2/c18-14-7-12(17(19,20)21)9-25-16(14)24-6-5-23-15(26)10-27-13-3-1-11(8-22)2-4-13/h1-4,7,9H,5-6,10H2,(H,23,26)(H,24,25). The molecule has 0 atom stereocenters. The summed E-state index contributed by atoms with van der Waals surface area (Å²) in [7, 11) is 0. The first-order valence-corrected chi connectivity index (χ1v) is 8.03. The minimum absolute atomic E-state index is 0.0905. The van der Waals surface area contributed by atoms with E-state index in [9.17, 15) is 18.0 Å². The number of hydrogen-bond acceptors (Lipinski definition) is 5. The van der Waals surface area contributed by atoms with E-state index in [1.165, 1.54) is 0 Å². The summed E-state index contributed by atoms with van der Waals surface area (Å²) in [5, 5.41) is 13.8. The van der Waals surface area contributed by atoms with Crippen LogP contribution in [-0.4, -0.2) is 30.6 Å². The number of nitrogens with one attached hydrogen (secondary N) is 2. The second kappa shape index (κ2) is 9.09. The molecule has 6 nitrogen and oxygen atoms in total. The summed E-state index contributed by atoms with van der Waals surface area (Å²) in [6.45, 7) is 0.181. The molecule has 0 saturated heterocycles. The number of amides is 1. The van der Waals surface area contributed by atoms with Crippen molar-refractivity contribution < 1.29 is 22.7 Å². The number of pyridine rings is 1. The summed E-state index contributed by atoms with van der Waals surface area (Å²) in [6.07, 6.45) is -3.84. The number of anilines is 1. The van der Waals surface area contributed by atoms with Gasteiger partial charge in [-0.2, -0.15) is 18.4 Å². The summed E-state index contributed by atoms with van der Waals surface area (Å²) < 4.78 is 42.9. The predicted octanol–water partition coefficient (Wildman–Crippen LogP) is 3.23. The van der Waals surface area contributed by atoms with Crippen LogP contribution in [0.5, 0.6) is 5.75 Å². The van der Waals surface area contributed by atoms with Crippen molar-refractivity contribution in [1.82, 2.24) is 10.3 Å². The summed E-state index contributed by atoms with van der Waals surface area (Å²) >= 11 is 5.76. The highest BCUT2D eigenvalue weighted by molar-refractivity contribution is 6.32. The smallest absolute Gasteiger partial charge is 0.417 e. The number of ether oxygens (including phenoxy) is 1. The number of rotatable bonds is 7. The van der Waals surface area contributed by atoms with Gasteiger partial charge in [-0.1, -0.05) is 11.6 Å². The number of nitriles is 1. The lowest BCUT2D eigenvalue weighted by atomic mass is 10.2. The molecule has 0 saturated carbocycles. The molecule has 142 valence electrons. The lowest BCUT2D eigenvalue weighted by Gasteiger charge is -2.11. The van der Waals surface area contributed by atoms with Crippen molar-refractivity contribution in [3.63, 3.8) is 0 Å². The number of halogens is 4. The van der Waals surface area contributed by atoms with Crippen LogP contribution in [0.4, 0.5) is 19.0 Å². The van der Waals surface area contributed by atoms with Crippen molar-refractivity contribution in [3.8, 4) is 11.8 Å². The van der Waals surface area contributed by atoms with Gasteiger partial charge < -0.3 is 15.4 Å². The molecule has 1 amide bonds. The highest BCUT2D eigenvalue weighted by Gasteiger charge is 2.31. The van der Waals surface area contributed by atoms with Gasteiger partial charge in [-0.05, 0) is 30.3 Å². The Morgan fingerprint density at radius 1 is 1.26 bits per heavy atom. The van der Waals surface area contributed by atoms with Crippen molar-refractivity contribution in [3.05, 3.63) is 52.7 Å². The van der Waals surface area contributed by atoms with Crippen molar-refractivity contribution in [1.29, 1.82) is 5.26 Å². The van der Waals surface area contributed by atoms with Crippen molar-refractivity contribution in [2.45, 2.75) is 6.18 Å². The molecule has 0 spiro atoms. The van der Waals surface area contributed by atoms with Crippen molar-refractivity contribution in [2.24, 2.45) is 0 Å². The summed E-state index contributed by atoms with van der Waals surface area (Å²) in [6, 6.07) is 9.03. The molecule has 2 rings (SSSR count). The molecule has 27 heavy (non-hydrogen) atoms. The predicted molar refractivity (Wildman–Crippen MR) is 92.4 cm³/mol. The average Bonchev–Trinajstić information content (AvgIpc) is 2.64. The van der Waals surface area contributed by atoms with Crippen LogP contribution in [0.25, 0.3) is 0 Å². The normalized spacial score (nSPS) is 10.8. The van der Waals surface area contributed by atoms with E-state index in [4.69, 9.17) is 21.6 Å². The van der Waals surface area contributed by atoms with Crippen LogP contribution < -0.4 is 15.4 Å². The molecule has 0 radical (unpaired) electrons. The Morgan fingerprint density at radius 3 is 2.56 bits per heavy atom. The summed E-state index contributed by atoms with van der Waals surface area (Å²) in [5.74, 6) is 0.156. The molecular formula is C17H14ClF3N4O2. The van der Waals surface area contributed by atoms with Gasteiger partial charge in [-0.15, -0.1) is 0 Å². The highest BCUT2D eigenvalue weighted by Crippen LogP contribution is 2.32. The number of nitrogens with zero attached hydrogens (tertiary/aromatic N) is 2. The van der Waals surface area contributed by atoms with E-state index in [1.807, 2.05) is 6.07 Å². The molecule has 1 aromatic heterocycles. The Morgan fingerprint density at radius 2 is 1.96 bits per heavy atom. The molecule has 1 heterocycles. The van der Waals surface area contributed by atoms with Gasteiger partial charge in [0.1, 0.15) is 11.6 Å². The molecule has 0 bridgehead atoms. The number of aromatic nitrogens is 1. The van der Waals surface area contributed by atoms with Crippen LogP contribution in [0.2, 0.25) is 5.02 Å². The molecule has 0 fully saturated rings. The van der Waals surface area contributed by atoms with Gasteiger partial charge in [0.25, 0.3) is 5.91 Å². The van der Waals surface area contributed by atoms with Gasteiger partial charge in [0, 0.05) is 19.3 Å². The number of carbonyl (C=O) groups excluding carboxylic acids is 1. The number of carbonyl (C=O) groups is 1. The lowest BCUT2D eigenvalue weighted by molar-refractivity contribution is -0.137. The van der Waals surface area contributed by atoms with Crippen LogP contribution in [0, 0.1) is 11.3 Å². The molecule has 1 aromatic carbocycles. The molecule has 10 heteroatoms. The summed E-state index contributed by atoms with van der Waals surface area (Å²) in [5.41, 5.74) is -0.459. The van der Waals surface area contributed by atoms with E-state index in [-0.39, 0.29) is 36.4 Å². The molecule has 0 aliphatic rings. The van der Waals surface area contributed by atoms with Crippen LogP contribution in [0.15, 0.2) is 36.5 Å². The van der Waals surface area contributed by atoms with E-state index in [1.54, 1.807) is 24.3 Å². The maximum Gasteiger partial charge on any atom is 0.417 e. The third-order valence-electron chi connectivity index (χ3n) is 3.26. The van der Waals surface area contributed by atoms with E-state index >= 15 is 0 Å². The fourth-order valence-corrected chi connectivity index (χ4v) is 2.16. The van der Waals surface area contributed by atoms with Crippen molar-refractivity contribution >= 4 is 23.3 Å². The second-order valence-electron chi connectivity index (χ2n) is 5.25. The first kappa shape index (κ1) is 20.3. The zero-order valence-electron chi connectivity index (χ0n) is 13.8. The maximum atomic E-state index is 12.5. The Kier molecular flexibility index (Phi) is 6.85. The van der Waals surface area contributed by atoms with Gasteiger partial charge in [0.05, 0.1) is 22.2 Å². The lowest BCUT2D eigenvalue weighted by Crippen LogP contribution is -2.32. The molecule has 0 aliphatic heterocycles. The van der Waals surface area contributed by atoms with Gasteiger partial charge in [0.2, 0.25) is 0 Å². The second-order valence-corrected chi connectivity index (χ2v) is 5.66. The fraction of sp³-hybridized carbons (Fsp3) is 0.235. The van der Waals surface area contributed by atoms with Gasteiger partial charge in [-0.25, -0.2) is 4.98 Å². The monoisotopic (exact) mass is 398 g/mol. The largest absolute Gasteiger partial charge is 0.484 e. The van der Waals surface area contributed by atoms with Gasteiger partial charge in [0.15, 0.2) is 6.61 Å². The first-order valence-electron chi connectivity index (χ1n) is 7.66. The van der Waals surface area contributed by atoms with Crippen LogP contribution in [-0.2, 0) is 11.0 Å². The Labute approximate surface area is 157 Å². The molecule has 2 N–H and O–H groups in total. The SMILES string of the molecule is N#Cc1ccc(OCC(=O)NCCNc2ncc(C(F)(F)F)cc2Cl)cc1. The van der Waals surface area contributed by atoms with Crippen molar-refractivity contribution in [2.75, 3.05) is 25.0 Å². The minimum atomic E-state index is -4.52. The topological polar surface area (TPSA) is 87.0 Å². The summed E-state index contributed by atoms with van der Waals surface area (Å²) in [4.78, 5) is 15.3. The van der Waals surface area contributed by atoms with Crippen LogP contribution in [0.1, 0.15) is 11.1 Å². The third-order valence-corrected chi connectivity index (χ3v) is 3.55. The van der Waals surface area contributed by atoms with E-state index in [0.717, 1.165) is 6.07 Å². The van der Waals surface area contributed by atoms with Gasteiger partial charge in [-0.3, -0.25) is 4.79 Å². The average molecular weight is 399 g/mol. The molecule has 2 aromatic rings. The zero-order chi connectivity index (χ0) is 19.9. The number of hydrogen-bond donors (Lipinski definition) is 2. The zero-order valence-corrected chi connectivity index (χ0v) is 14.6. The quantitative estimate of drug-likeness (QED) is 0.699. The first-order chi connectivity index (χ1) is 12.8. The Hall–Kier alpha value is -2.99. The number of benzene rings is 1. The van der Waals surface area contributed by atoms with E-state index < -0.39 is 11.7 Å². The third kappa shape index (κ3) is 6.34. The van der Waals surface area contributed by atoms with E-state index in [0.29, 0.717) is 17.5 Å². The van der Waals surface area contributed by atoms with Crippen LogP contribution >= 0.6 is 11.6 Å². The van der Waals surface area contributed by atoms with Crippen LogP contribution in [0.3, 0.4) is 0 Å². The maximum absolute atomic E-state index is 12.5. The number of alkyl halides is 3. The molecule has 0 aliphatic carbocycles. The van der Waals surface area contributed by atoms with E-state index in [2.05, 4.69) is 15.6 Å². The molecule has 0 unspecified atom stereocenters. The van der Waals surface area contributed by atoms with Gasteiger partial charge >= 0.3 is 6.18 Å².